The number of unbranched alkanes of at least 4 members (excludes halogenated alkanes) is 1. The molecule has 0 heterocycles. The lowest BCUT2D eigenvalue weighted by Crippen LogP contribution is -2.34. The van der Waals surface area contributed by atoms with Crippen LogP contribution in [-0.4, -0.2) is 30.1 Å². The first-order chi connectivity index (χ1) is 15.6. The summed E-state index contributed by atoms with van der Waals surface area (Å²) in [4.78, 5) is 12.8. The van der Waals surface area contributed by atoms with Crippen LogP contribution in [0.1, 0.15) is 125 Å². The predicted octanol–water partition coefficient (Wildman–Crippen LogP) is 9.95. The van der Waals surface area contributed by atoms with Crippen molar-refractivity contribution in [2.75, 3.05) is 6.54 Å². The second-order valence-electron chi connectivity index (χ2n) is 7.43. The van der Waals surface area contributed by atoms with Gasteiger partial charge < -0.3 is 4.90 Å². The number of nitrogens with zero attached hydrogens (tertiary/aromatic N) is 1. The summed E-state index contributed by atoms with van der Waals surface area (Å²) < 4.78 is 36.7. The highest BCUT2D eigenvalue weighted by Crippen LogP contribution is 2.34. The molecule has 0 aliphatic rings. The minimum atomic E-state index is -4.14. The van der Waals surface area contributed by atoms with Crippen molar-refractivity contribution in [3.63, 3.8) is 0 Å². The van der Waals surface area contributed by atoms with Gasteiger partial charge in [0, 0.05) is 12.6 Å². The molecule has 0 spiro atoms. The topological polar surface area (TPSA) is 20.3 Å². The van der Waals surface area contributed by atoms with Crippen molar-refractivity contribution in [1.82, 2.24) is 4.90 Å². The van der Waals surface area contributed by atoms with Crippen molar-refractivity contribution >= 4 is 6.41 Å². The molecule has 5 heteroatoms. The van der Waals surface area contributed by atoms with Crippen LogP contribution in [0.15, 0.2) is 24.3 Å². The minimum absolute atomic E-state index is 0.318. The Labute approximate surface area is 204 Å². The summed E-state index contributed by atoms with van der Waals surface area (Å²) >= 11 is 0. The fourth-order valence-corrected chi connectivity index (χ4v) is 2.64. The number of carbonyl (C=O) groups is 1. The molecule has 0 bridgehead atoms. The van der Waals surface area contributed by atoms with Crippen LogP contribution < -0.4 is 0 Å². The molecule has 0 aliphatic heterocycles. The third-order valence-corrected chi connectivity index (χ3v) is 4.54. The van der Waals surface area contributed by atoms with E-state index in [1.165, 1.54) is 25.5 Å². The lowest BCUT2D eigenvalue weighted by atomic mass is 10.00. The lowest BCUT2D eigenvalue weighted by Gasteiger charge is -2.27. The molecule has 0 aromatic heterocycles. The van der Waals surface area contributed by atoms with Crippen LogP contribution in [0.25, 0.3) is 0 Å². The minimum Gasteiger partial charge on any atom is -0.342 e. The molecule has 1 aromatic carbocycles. The van der Waals surface area contributed by atoms with Crippen LogP contribution in [0.4, 0.5) is 13.2 Å². The highest BCUT2D eigenvalue weighted by molar-refractivity contribution is 5.47. The number of hydrogen-bond acceptors (Lipinski definition) is 1. The summed E-state index contributed by atoms with van der Waals surface area (Å²) in [6, 6.07) is 6.89. The number of amides is 1. The van der Waals surface area contributed by atoms with E-state index in [-0.39, 0.29) is 0 Å². The Bertz CT molecular complexity index is 501. The molecule has 1 rings (SSSR count). The molecule has 2 nitrogen and oxygen atoms in total. The molecule has 0 radical (unpaired) electrons. The van der Waals surface area contributed by atoms with Crippen molar-refractivity contribution in [1.29, 1.82) is 0 Å². The van der Waals surface area contributed by atoms with Crippen LogP contribution >= 0.6 is 0 Å². The molecular formula is C28H54F3NO. The second-order valence-corrected chi connectivity index (χ2v) is 7.43. The maximum Gasteiger partial charge on any atom is 0.395 e. The van der Waals surface area contributed by atoms with Gasteiger partial charge >= 0.3 is 6.18 Å². The summed E-state index contributed by atoms with van der Waals surface area (Å²) in [6.45, 7) is 22.7. The molecule has 1 amide bonds. The summed E-state index contributed by atoms with van der Waals surface area (Å²) in [5.41, 5.74) is 1.29. The van der Waals surface area contributed by atoms with Crippen molar-refractivity contribution in [3.05, 3.63) is 35.4 Å². The quantitative estimate of drug-likeness (QED) is 0.324. The average molecular weight is 478 g/mol. The molecule has 0 N–H and O–H groups in total. The average Bonchev–Trinajstić information content (AvgIpc) is 2.81. The van der Waals surface area contributed by atoms with E-state index in [1.807, 2.05) is 39.5 Å². The van der Waals surface area contributed by atoms with E-state index in [9.17, 15) is 18.0 Å². The lowest BCUT2D eigenvalue weighted by molar-refractivity contribution is -0.146. The maximum absolute atomic E-state index is 12.2. The molecule has 0 saturated heterocycles. The van der Waals surface area contributed by atoms with Gasteiger partial charge in [-0.15, -0.1) is 0 Å². The SMILES string of the molecule is CC.CC.CCC.CCCCN(C=O)C(CC)CCC.Cc1ccc(C(C)C(F)(F)F)cc1. The van der Waals surface area contributed by atoms with Gasteiger partial charge in [0.2, 0.25) is 6.41 Å². The zero-order valence-electron chi connectivity index (χ0n) is 23.5. The molecule has 2 atom stereocenters. The van der Waals surface area contributed by atoms with Gasteiger partial charge in [-0.2, -0.15) is 13.2 Å². The van der Waals surface area contributed by atoms with Gasteiger partial charge in [-0.25, -0.2) is 0 Å². The highest BCUT2D eigenvalue weighted by atomic mass is 19.4. The molecule has 1 aromatic rings. The Balaban J connectivity index is -0.000000200. The van der Waals surface area contributed by atoms with Crippen molar-refractivity contribution in [2.24, 2.45) is 0 Å². The van der Waals surface area contributed by atoms with Crippen LogP contribution in [-0.2, 0) is 4.79 Å². The fourth-order valence-electron chi connectivity index (χ4n) is 2.64. The maximum atomic E-state index is 12.2. The number of carbonyl (C=O) groups excluding carboxylic acids is 1. The third kappa shape index (κ3) is 22.1. The van der Waals surface area contributed by atoms with Gasteiger partial charge in [0.15, 0.2) is 0 Å². The van der Waals surface area contributed by atoms with E-state index < -0.39 is 12.1 Å². The first kappa shape index (κ1) is 38.7. The third-order valence-electron chi connectivity index (χ3n) is 4.54. The number of benzene rings is 1. The van der Waals surface area contributed by atoms with Crippen molar-refractivity contribution in [2.45, 2.75) is 133 Å². The normalized spacial score (nSPS) is 11.5. The molecule has 0 fully saturated rings. The Morgan fingerprint density at radius 1 is 0.909 bits per heavy atom. The van der Waals surface area contributed by atoms with Crippen LogP contribution in [0.2, 0.25) is 0 Å². The number of halogens is 3. The first-order valence-corrected chi connectivity index (χ1v) is 13.0. The Kier molecular flexibility index (Phi) is 31.4. The second kappa shape index (κ2) is 26.7. The van der Waals surface area contributed by atoms with E-state index >= 15 is 0 Å². The summed E-state index contributed by atoms with van der Waals surface area (Å²) in [5, 5.41) is 0. The van der Waals surface area contributed by atoms with Gasteiger partial charge in [-0.05, 0) is 38.7 Å². The molecule has 0 saturated carbocycles. The standard InChI is InChI=1S/C11H23NO.C10H11F3.C3H8.2C2H6/c1-4-7-9-12(10-13)11(6-3)8-5-2;1-7-3-5-9(6-4-7)8(2)10(11,12)13;1-3-2;2*1-2/h10-11H,4-9H2,1-3H3;3-6,8H,1-2H3;3H2,1-2H3;2*1-2H3. The van der Waals surface area contributed by atoms with Crippen LogP contribution in [0, 0.1) is 6.92 Å². The number of alkyl halides is 3. The van der Waals surface area contributed by atoms with Gasteiger partial charge in [0.25, 0.3) is 0 Å². The van der Waals surface area contributed by atoms with E-state index in [0.29, 0.717) is 11.6 Å². The van der Waals surface area contributed by atoms with Crippen LogP contribution in [0.3, 0.4) is 0 Å². The summed E-state index contributed by atoms with van der Waals surface area (Å²) in [6.07, 6.45) is 3.78. The zero-order chi connectivity index (χ0) is 26.9. The summed E-state index contributed by atoms with van der Waals surface area (Å²) in [5.74, 6) is -1.38. The molecule has 0 aliphatic carbocycles. The van der Waals surface area contributed by atoms with Gasteiger partial charge in [0.05, 0.1) is 5.92 Å². The Morgan fingerprint density at radius 3 is 1.67 bits per heavy atom. The number of rotatable bonds is 9. The highest BCUT2D eigenvalue weighted by Gasteiger charge is 2.36. The van der Waals surface area contributed by atoms with E-state index in [4.69, 9.17) is 0 Å². The molecule has 2 unspecified atom stereocenters. The molecule has 198 valence electrons. The van der Waals surface area contributed by atoms with Crippen LogP contribution in [0.5, 0.6) is 0 Å². The van der Waals surface area contributed by atoms with E-state index in [0.717, 1.165) is 50.6 Å². The summed E-state index contributed by atoms with van der Waals surface area (Å²) in [7, 11) is 0. The Morgan fingerprint density at radius 2 is 1.36 bits per heavy atom. The Hall–Kier alpha value is -1.52. The largest absolute Gasteiger partial charge is 0.395 e. The smallest absolute Gasteiger partial charge is 0.342 e. The molecular weight excluding hydrogens is 423 g/mol. The predicted molar refractivity (Wildman–Crippen MR) is 141 cm³/mol. The van der Waals surface area contributed by atoms with Gasteiger partial charge in [-0.1, -0.05) is 111 Å². The first-order valence-electron chi connectivity index (χ1n) is 13.0. The van der Waals surface area contributed by atoms with Gasteiger partial charge in [0.1, 0.15) is 0 Å². The number of hydrogen-bond donors (Lipinski definition) is 0. The monoisotopic (exact) mass is 477 g/mol. The van der Waals surface area contributed by atoms with Gasteiger partial charge in [-0.3, -0.25) is 4.79 Å². The molecule has 33 heavy (non-hydrogen) atoms. The van der Waals surface area contributed by atoms with Crippen molar-refractivity contribution in [3.8, 4) is 0 Å². The van der Waals surface area contributed by atoms with E-state index in [1.54, 1.807) is 12.1 Å². The zero-order valence-corrected chi connectivity index (χ0v) is 23.5. The van der Waals surface area contributed by atoms with E-state index in [2.05, 4.69) is 34.6 Å². The van der Waals surface area contributed by atoms with Crippen molar-refractivity contribution < 1.29 is 18.0 Å². The fraction of sp³-hybridized carbons (Fsp3) is 0.750. The number of aryl methyl sites for hydroxylation is 1.